The van der Waals surface area contributed by atoms with Crippen LogP contribution in [0.15, 0.2) is 59.7 Å². The van der Waals surface area contributed by atoms with Crippen molar-refractivity contribution in [2.45, 2.75) is 0 Å². The van der Waals surface area contributed by atoms with Crippen LogP contribution >= 0.6 is 0 Å². The van der Waals surface area contributed by atoms with Crippen molar-refractivity contribution in [1.29, 1.82) is 0 Å². The van der Waals surface area contributed by atoms with Crippen LogP contribution in [-0.4, -0.2) is 27.0 Å². The highest BCUT2D eigenvalue weighted by atomic mass is 19.2. The van der Waals surface area contributed by atoms with E-state index in [2.05, 4.69) is 20.5 Å². The number of anilines is 2. The number of hydrogen-bond donors (Lipinski definition) is 3. The molecular formula is C16H12FN5O3. The standard InChI is InChI=1S/C16H12FN5O3/c17-22(11-4-2-1-3-5-11)16(25)14-12(9-19-21-14)20-15(24)10-6-7-13(23)18-8-10/h1-9H,(H,18,23)(H,19,21)(H,20,24). The largest absolute Gasteiger partial charge is 0.328 e. The van der Waals surface area contributed by atoms with Crippen molar-refractivity contribution in [3.63, 3.8) is 0 Å². The van der Waals surface area contributed by atoms with Gasteiger partial charge in [0, 0.05) is 12.3 Å². The van der Waals surface area contributed by atoms with Crippen molar-refractivity contribution < 1.29 is 14.1 Å². The van der Waals surface area contributed by atoms with Gasteiger partial charge in [-0.1, -0.05) is 22.7 Å². The van der Waals surface area contributed by atoms with Crippen LogP contribution in [0.3, 0.4) is 0 Å². The summed E-state index contributed by atoms with van der Waals surface area (Å²) < 4.78 is 14.3. The van der Waals surface area contributed by atoms with Crippen LogP contribution in [0.1, 0.15) is 20.8 Å². The summed E-state index contributed by atoms with van der Waals surface area (Å²) in [6.45, 7) is 0. The minimum Gasteiger partial charge on any atom is -0.328 e. The summed E-state index contributed by atoms with van der Waals surface area (Å²) in [6.07, 6.45) is 2.42. The van der Waals surface area contributed by atoms with Gasteiger partial charge < -0.3 is 10.3 Å². The lowest BCUT2D eigenvalue weighted by Gasteiger charge is -2.12. The van der Waals surface area contributed by atoms with Crippen LogP contribution in [0.25, 0.3) is 0 Å². The van der Waals surface area contributed by atoms with Gasteiger partial charge in [-0.05, 0) is 18.2 Å². The summed E-state index contributed by atoms with van der Waals surface area (Å²) in [5, 5.41) is 8.43. The number of pyridine rings is 1. The molecule has 0 atom stereocenters. The number of benzene rings is 1. The molecule has 0 aliphatic carbocycles. The molecule has 3 N–H and O–H groups in total. The number of hydrogen-bond acceptors (Lipinski definition) is 4. The second kappa shape index (κ2) is 6.79. The quantitative estimate of drug-likeness (QED) is 0.629. The van der Waals surface area contributed by atoms with E-state index in [1.54, 1.807) is 18.2 Å². The number of para-hydroxylation sites is 1. The molecule has 0 fully saturated rings. The number of aromatic amines is 2. The molecule has 8 nitrogen and oxygen atoms in total. The summed E-state index contributed by atoms with van der Waals surface area (Å²) in [7, 11) is 0. The molecule has 1 aromatic carbocycles. The van der Waals surface area contributed by atoms with Gasteiger partial charge in [0.2, 0.25) is 5.56 Å². The van der Waals surface area contributed by atoms with Crippen molar-refractivity contribution in [3.8, 4) is 0 Å². The van der Waals surface area contributed by atoms with Crippen LogP contribution in [0.4, 0.5) is 15.9 Å². The van der Waals surface area contributed by atoms with Crippen molar-refractivity contribution in [3.05, 3.63) is 76.5 Å². The number of carbonyl (C=O) groups excluding carboxylic acids is 2. The Morgan fingerprint density at radius 1 is 1.12 bits per heavy atom. The zero-order valence-electron chi connectivity index (χ0n) is 12.7. The van der Waals surface area contributed by atoms with Gasteiger partial charge in [0.15, 0.2) is 0 Å². The van der Waals surface area contributed by atoms with Crippen molar-refractivity contribution in [1.82, 2.24) is 15.2 Å². The van der Waals surface area contributed by atoms with E-state index in [4.69, 9.17) is 0 Å². The number of carbonyl (C=O) groups is 2. The van der Waals surface area contributed by atoms with Crippen LogP contribution < -0.4 is 16.0 Å². The van der Waals surface area contributed by atoms with Crippen molar-refractivity contribution in [2.75, 3.05) is 10.4 Å². The van der Waals surface area contributed by atoms with Gasteiger partial charge in [-0.3, -0.25) is 19.5 Å². The molecule has 25 heavy (non-hydrogen) atoms. The molecule has 2 amide bonds. The first-order valence-electron chi connectivity index (χ1n) is 7.15. The highest BCUT2D eigenvalue weighted by Gasteiger charge is 2.23. The first-order chi connectivity index (χ1) is 12.1. The van der Waals surface area contributed by atoms with E-state index in [-0.39, 0.29) is 33.3 Å². The molecule has 0 unspecified atom stereocenters. The first-order valence-corrected chi connectivity index (χ1v) is 7.15. The molecule has 0 radical (unpaired) electrons. The fraction of sp³-hybridized carbons (Fsp3) is 0. The predicted octanol–water partition coefficient (Wildman–Crippen LogP) is 1.88. The lowest BCUT2D eigenvalue weighted by atomic mass is 10.2. The molecule has 3 rings (SSSR count). The third kappa shape index (κ3) is 3.44. The molecule has 2 aromatic heterocycles. The molecule has 9 heteroatoms. The van der Waals surface area contributed by atoms with Gasteiger partial charge in [-0.15, -0.1) is 5.12 Å². The van der Waals surface area contributed by atoms with Crippen molar-refractivity contribution in [2.24, 2.45) is 0 Å². The minimum atomic E-state index is -1.01. The lowest BCUT2D eigenvalue weighted by Crippen LogP contribution is -2.24. The third-order valence-corrected chi connectivity index (χ3v) is 3.31. The maximum Gasteiger partial charge on any atom is 0.306 e. The number of H-pyrrole nitrogens is 2. The number of nitrogens with zero attached hydrogens (tertiary/aromatic N) is 2. The molecule has 0 saturated carbocycles. The molecule has 0 spiro atoms. The van der Waals surface area contributed by atoms with Crippen molar-refractivity contribution >= 4 is 23.2 Å². The van der Waals surface area contributed by atoms with E-state index in [0.717, 1.165) is 0 Å². The molecule has 0 bridgehead atoms. The van der Waals surface area contributed by atoms with Gasteiger partial charge in [0.1, 0.15) is 5.69 Å². The Hall–Kier alpha value is -3.75. The van der Waals surface area contributed by atoms with Gasteiger partial charge in [-0.25, -0.2) is 0 Å². The summed E-state index contributed by atoms with van der Waals surface area (Å²) in [5.41, 5.74) is -0.352. The number of halogens is 1. The first kappa shape index (κ1) is 16.1. The molecule has 0 aliphatic rings. The second-order valence-electron chi connectivity index (χ2n) is 4.98. The Bertz CT molecular complexity index is 947. The van der Waals surface area contributed by atoms with Gasteiger partial charge in [-0.2, -0.15) is 5.10 Å². The van der Waals surface area contributed by atoms with E-state index in [1.807, 2.05) is 0 Å². The van der Waals surface area contributed by atoms with Crippen LogP contribution in [-0.2, 0) is 0 Å². The highest BCUT2D eigenvalue weighted by molar-refractivity contribution is 6.11. The fourth-order valence-corrected chi connectivity index (χ4v) is 2.06. The normalized spacial score (nSPS) is 10.3. The van der Waals surface area contributed by atoms with Gasteiger partial charge >= 0.3 is 5.91 Å². The second-order valence-corrected chi connectivity index (χ2v) is 4.98. The van der Waals surface area contributed by atoms with E-state index >= 15 is 0 Å². The number of aromatic nitrogens is 3. The van der Waals surface area contributed by atoms with E-state index in [0.29, 0.717) is 0 Å². The number of rotatable bonds is 4. The predicted molar refractivity (Wildman–Crippen MR) is 88.0 cm³/mol. The Kier molecular flexibility index (Phi) is 4.38. The van der Waals surface area contributed by atoms with Crippen LogP contribution in [0.2, 0.25) is 0 Å². The van der Waals surface area contributed by atoms with Crippen LogP contribution in [0, 0.1) is 0 Å². The van der Waals surface area contributed by atoms with E-state index < -0.39 is 11.8 Å². The molecule has 0 saturated heterocycles. The van der Waals surface area contributed by atoms with Crippen LogP contribution in [0.5, 0.6) is 0 Å². The maximum atomic E-state index is 14.3. The SMILES string of the molecule is O=C(Nc1cn[nH]c1C(=O)N(F)c1ccccc1)c1ccc(=O)[nH]c1. The average molecular weight is 341 g/mol. The third-order valence-electron chi connectivity index (χ3n) is 3.31. The zero-order valence-corrected chi connectivity index (χ0v) is 12.7. The van der Waals surface area contributed by atoms with E-state index in [1.165, 1.54) is 36.7 Å². The molecule has 126 valence electrons. The monoisotopic (exact) mass is 341 g/mol. The van der Waals surface area contributed by atoms with E-state index in [9.17, 15) is 18.9 Å². The summed E-state index contributed by atoms with van der Waals surface area (Å²) in [4.78, 5) is 37.8. The average Bonchev–Trinajstić information content (AvgIpc) is 3.09. The Labute approximate surface area is 140 Å². The lowest BCUT2D eigenvalue weighted by molar-refractivity contribution is 0.0927. The molecule has 0 aliphatic heterocycles. The Morgan fingerprint density at radius 3 is 2.56 bits per heavy atom. The van der Waals surface area contributed by atoms with Gasteiger partial charge in [0.25, 0.3) is 5.91 Å². The maximum absolute atomic E-state index is 14.3. The fourth-order valence-electron chi connectivity index (χ4n) is 2.06. The molecule has 3 aromatic rings. The summed E-state index contributed by atoms with van der Waals surface area (Å²) in [6, 6.07) is 10.2. The summed E-state index contributed by atoms with van der Waals surface area (Å²) in [5.74, 6) is -1.60. The molecule has 2 heterocycles. The Balaban J connectivity index is 1.80. The number of amides is 2. The zero-order chi connectivity index (χ0) is 17.8. The summed E-state index contributed by atoms with van der Waals surface area (Å²) >= 11 is 0. The topological polar surface area (TPSA) is 111 Å². The minimum absolute atomic E-state index is 0.0137. The van der Waals surface area contributed by atoms with Gasteiger partial charge in [0.05, 0.1) is 23.1 Å². The Morgan fingerprint density at radius 2 is 1.88 bits per heavy atom. The molecular weight excluding hydrogens is 329 g/mol. The highest BCUT2D eigenvalue weighted by Crippen LogP contribution is 2.20. The number of nitrogens with one attached hydrogen (secondary N) is 3. The smallest absolute Gasteiger partial charge is 0.306 e.